The van der Waals surface area contributed by atoms with Gasteiger partial charge in [0.1, 0.15) is 41.9 Å². The van der Waals surface area contributed by atoms with Crippen LogP contribution in [0.25, 0.3) is 32.8 Å². The lowest BCUT2D eigenvalue weighted by Gasteiger charge is -2.27. The van der Waals surface area contributed by atoms with Gasteiger partial charge in [-0.15, -0.1) is 23.2 Å². The van der Waals surface area contributed by atoms with Crippen LogP contribution in [0, 0.1) is 0 Å². The number of ether oxygens (including phenoxy) is 1. The van der Waals surface area contributed by atoms with Crippen molar-refractivity contribution in [2.45, 2.75) is 38.8 Å². The van der Waals surface area contributed by atoms with Gasteiger partial charge in [-0.3, -0.25) is 9.59 Å². The van der Waals surface area contributed by atoms with E-state index < -0.39 is 12.9 Å². The number of aryl methyl sites for hydroxylation is 1. The quantitative estimate of drug-likeness (QED) is 0.0269. The van der Waals surface area contributed by atoms with Crippen molar-refractivity contribution in [1.29, 1.82) is 0 Å². The van der Waals surface area contributed by atoms with Crippen LogP contribution in [0.4, 0.5) is 5.69 Å². The van der Waals surface area contributed by atoms with E-state index in [1.807, 2.05) is 41.0 Å². The molecular weight excluding hydrogens is 860 g/mol. The van der Waals surface area contributed by atoms with Crippen molar-refractivity contribution in [3.8, 4) is 0 Å². The summed E-state index contributed by atoms with van der Waals surface area (Å²) < 4.78 is 13.6. The van der Waals surface area contributed by atoms with Crippen LogP contribution in [0.2, 0.25) is 0 Å². The van der Waals surface area contributed by atoms with E-state index in [-0.39, 0.29) is 31.4 Å². The molecule has 0 aliphatic carbocycles. The summed E-state index contributed by atoms with van der Waals surface area (Å²) in [6.45, 7) is 1.96. The Morgan fingerprint density at radius 2 is 1.30 bits per heavy atom. The third kappa shape index (κ3) is 9.90. The zero-order chi connectivity index (χ0) is 44.3. The number of nitrogens with zero attached hydrogens (tertiary/aromatic N) is 2. The normalized spacial score (nSPS) is 11.6. The first-order valence-corrected chi connectivity index (χ1v) is 24.8. The average Bonchev–Trinajstić information content (AvgIpc) is 3.65. The maximum absolute atomic E-state index is 13.8. The molecule has 0 saturated carbocycles. The number of nitrogens with one attached hydrogen (secondary N) is 1. The van der Waals surface area contributed by atoms with E-state index in [9.17, 15) is 14.4 Å². The maximum atomic E-state index is 13.8. The first kappa shape index (κ1) is 44.7. The molecule has 8 rings (SSSR count). The fourth-order valence-electron chi connectivity index (χ4n) is 8.85. The number of amides is 1. The third-order valence-corrected chi connectivity index (χ3v) is 16.7. The number of halogens is 2. The minimum absolute atomic E-state index is 0.0679. The van der Waals surface area contributed by atoms with Gasteiger partial charge in [0.2, 0.25) is 5.91 Å². The summed E-state index contributed by atoms with van der Waals surface area (Å²) in [5.74, 6) is 0.584. The molecule has 0 fully saturated rings. The number of benzene rings is 6. The molecule has 0 atom stereocenters. The van der Waals surface area contributed by atoms with E-state index in [2.05, 4.69) is 125 Å². The number of esters is 1. The molecule has 326 valence electrons. The SMILES string of the molecule is O=C(Cn1c2ccccc2c2c3oc(=O)cc(COC(=O)CCCc4ccc(N(CCCl)CCCl)cc4)c3ccc21)NCCC[P+](c1ccccc1)(c1ccccc1)c1ccccc1. The molecule has 0 spiro atoms. The molecule has 11 heteroatoms. The summed E-state index contributed by atoms with van der Waals surface area (Å²) in [7, 11) is -2.03. The number of rotatable bonds is 20. The minimum Gasteiger partial charge on any atom is -0.461 e. The topological polar surface area (TPSA) is 93.8 Å². The average molecular weight is 912 g/mol. The van der Waals surface area contributed by atoms with E-state index in [4.69, 9.17) is 32.4 Å². The highest BCUT2D eigenvalue weighted by molar-refractivity contribution is 7.95. The van der Waals surface area contributed by atoms with Crippen LogP contribution < -0.4 is 31.8 Å². The first-order valence-electron chi connectivity index (χ1n) is 21.8. The Kier molecular flexibility index (Phi) is 14.8. The Morgan fingerprint density at radius 1 is 0.688 bits per heavy atom. The summed E-state index contributed by atoms with van der Waals surface area (Å²) in [6, 6.07) is 53.5. The zero-order valence-electron chi connectivity index (χ0n) is 35.6. The van der Waals surface area contributed by atoms with Crippen LogP contribution in [0.1, 0.15) is 30.4 Å². The number of alkyl halides is 2. The minimum atomic E-state index is -2.03. The number of aromatic nitrogens is 1. The van der Waals surface area contributed by atoms with Gasteiger partial charge in [0, 0.05) is 71.4 Å². The summed E-state index contributed by atoms with van der Waals surface area (Å²) in [6.07, 6.45) is 3.25. The molecule has 64 heavy (non-hydrogen) atoms. The number of hydrogen-bond acceptors (Lipinski definition) is 6. The van der Waals surface area contributed by atoms with E-state index >= 15 is 0 Å². The lowest BCUT2D eigenvalue weighted by Crippen LogP contribution is -2.35. The van der Waals surface area contributed by atoms with Gasteiger partial charge in [-0.1, -0.05) is 84.9 Å². The van der Waals surface area contributed by atoms with E-state index in [1.165, 1.54) is 22.0 Å². The van der Waals surface area contributed by atoms with Crippen LogP contribution >= 0.6 is 30.5 Å². The van der Waals surface area contributed by atoms with Crippen molar-refractivity contribution in [3.63, 3.8) is 0 Å². The molecule has 8 aromatic rings. The molecule has 0 unspecified atom stereocenters. The van der Waals surface area contributed by atoms with Gasteiger partial charge in [0.25, 0.3) is 0 Å². The number of fused-ring (bicyclic) bond motifs is 5. The molecule has 0 saturated heterocycles. The number of para-hydroxylation sites is 1. The maximum Gasteiger partial charge on any atom is 0.336 e. The second-order valence-electron chi connectivity index (χ2n) is 15.8. The van der Waals surface area contributed by atoms with Crippen molar-refractivity contribution in [3.05, 3.63) is 179 Å². The van der Waals surface area contributed by atoms with Gasteiger partial charge in [0.15, 0.2) is 0 Å². The monoisotopic (exact) mass is 910 g/mol. The molecule has 1 N–H and O–H groups in total. The van der Waals surface area contributed by atoms with Crippen LogP contribution in [0.5, 0.6) is 0 Å². The molecule has 0 radical (unpaired) electrons. The van der Waals surface area contributed by atoms with Gasteiger partial charge in [-0.05, 0) is 91.6 Å². The predicted octanol–water partition coefficient (Wildman–Crippen LogP) is 9.75. The fourth-order valence-corrected chi connectivity index (χ4v) is 13.6. The molecule has 8 nitrogen and oxygen atoms in total. The second-order valence-corrected chi connectivity index (χ2v) is 20.2. The van der Waals surface area contributed by atoms with Crippen LogP contribution in [0.15, 0.2) is 167 Å². The molecular formula is C53H51Cl2N3O5P+. The molecule has 1 amide bonds. The Balaban J connectivity index is 0.951. The van der Waals surface area contributed by atoms with Gasteiger partial charge < -0.3 is 23.9 Å². The second kappa shape index (κ2) is 21.2. The summed E-state index contributed by atoms with van der Waals surface area (Å²) in [5.41, 5.74) is 4.21. The molecule has 0 bridgehead atoms. The third-order valence-electron chi connectivity index (χ3n) is 11.9. The predicted molar refractivity (Wildman–Crippen MR) is 266 cm³/mol. The van der Waals surface area contributed by atoms with Crippen LogP contribution in [-0.2, 0) is 33.9 Å². The Morgan fingerprint density at radius 3 is 1.92 bits per heavy atom. The first-order chi connectivity index (χ1) is 31.4. The Hall–Kier alpha value is -5.92. The van der Waals surface area contributed by atoms with Crippen molar-refractivity contribution < 1.29 is 18.7 Å². The molecule has 6 aromatic carbocycles. The highest BCUT2D eigenvalue weighted by atomic mass is 35.5. The Labute approximate surface area is 384 Å². The van der Waals surface area contributed by atoms with Crippen molar-refractivity contribution in [2.75, 3.05) is 42.5 Å². The van der Waals surface area contributed by atoms with Crippen LogP contribution in [-0.4, -0.2) is 54.0 Å². The van der Waals surface area contributed by atoms with E-state index in [0.717, 1.165) is 65.1 Å². The summed E-state index contributed by atoms with van der Waals surface area (Å²) >= 11 is 11.9. The number of carbonyl (C=O) groups excluding carboxylic acids is 2. The van der Waals surface area contributed by atoms with E-state index in [1.54, 1.807) is 0 Å². The number of hydrogen-bond donors (Lipinski definition) is 1. The molecule has 2 heterocycles. The molecule has 0 aliphatic heterocycles. The highest BCUT2D eigenvalue weighted by Gasteiger charge is 2.44. The van der Waals surface area contributed by atoms with Gasteiger partial charge >= 0.3 is 11.6 Å². The molecule has 0 aliphatic rings. The van der Waals surface area contributed by atoms with Crippen LogP contribution in [0.3, 0.4) is 0 Å². The van der Waals surface area contributed by atoms with Gasteiger partial charge in [-0.25, -0.2) is 4.79 Å². The number of carbonyl (C=O) groups is 2. The number of anilines is 1. The van der Waals surface area contributed by atoms with Crippen molar-refractivity contribution >= 4 is 96.7 Å². The van der Waals surface area contributed by atoms with Gasteiger partial charge in [-0.2, -0.15) is 0 Å². The van der Waals surface area contributed by atoms with E-state index in [0.29, 0.717) is 41.3 Å². The lowest BCUT2D eigenvalue weighted by atomic mass is 10.1. The zero-order valence-corrected chi connectivity index (χ0v) is 38.0. The summed E-state index contributed by atoms with van der Waals surface area (Å²) in [5, 5.41) is 9.42. The highest BCUT2D eigenvalue weighted by Crippen LogP contribution is 2.55. The Bertz CT molecular complexity index is 2790. The fraction of sp³-hybridized carbons (Fsp3) is 0.226. The largest absolute Gasteiger partial charge is 0.461 e. The van der Waals surface area contributed by atoms with Crippen molar-refractivity contribution in [2.24, 2.45) is 0 Å². The lowest BCUT2D eigenvalue weighted by molar-refractivity contribution is -0.145. The summed E-state index contributed by atoms with van der Waals surface area (Å²) in [4.78, 5) is 42.0. The smallest absolute Gasteiger partial charge is 0.336 e. The van der Waals surface area contributed by atoms with Crippen molar-refractivity contribution in [1.82, 2.24) is 9.88 Å². The molecule has 2 aromatic heterocycles. The standard InChI is InChI=1S/C53H50Cl2N3O5P/c54-30-33-57(34-31-55)41-26-24-39(25-27-41)14-12-23-50(60)62-38-40-36-51(61)63-53-45(40)28-29-48-52(53)46-21-10-11-22-47(46)58(48)37-49(59)56-32-13-35-64(42-15-4-1-5-16-42,43-17-6-2-7-18-43)44-19-8-3-9-20-44/h1-11,15-22,24-29,36H,12-14,23,30-35,37-38H2/p+1. The van der Waals surface area contributed by atoms with Gasteiger partial charge in [0.05, 0.1) is 17.1 Å².